The van der Waals surface area contributed by atoms with Gasteiger partial charge in [-0.2, -0.15) is 24.4 Å². The summed E-state index contributed by atoms with van der Waals surface area (Å²) in [4.78, 5) is 0. The smallest absolute Gasteiger partial charge is 0.0151 e. The Morgan fingerprint density at radius 2 is 2.00 bits per heavy atom. The highest BCUT2D eigenvalue weighted by atomic mass is 32.2. The van der Waals surface area contributed by atoms with Crippen molar-refractivity contribution in [1.82, 2.24) is 0 Å². The Balaban J connectivity index is 3.45. The molecular weight excluding hydrogens is 172 g/mol. The zero-order valence-corrected chi connectivity index (χ0v) is 9.34. The summed E-state index contributed by atoms with van der Waals surface area (Å²) in [5, 5.41) is 0.728. The molecule has 0 heterocycles. The standard InChI is InChI=1S/C9H18S2/c1-7(2)9(4)11-6-8(3)5-10/h7,9-10H,3,5-6H2,1-2,4H3. The molecule has 0 fully saturated rings. The minimum absolute atomic E-state index is 0.728. The highest BCUT2D eigenvalue weighted by Gasteiger charge is 2.06. The molecule has 0 bridgehead atoms. The van der Waals surface area contributed by atoms with Crippen LogP contribution in [0.3, 0.4) is 0 Å². The fraction of sp³-hybridized carbons (Fsp3) is 0.778. The van der Waals surface area contributed by atoms with Gasteiger partial charge in [-0.3, -0.25) is 0 Å². The lowest BCUT2D eigenvalue weighted by Crippen LogP contribution is -2.07. The molecule has 0 rings (SSSR count). The lowest BCUT2D eigenvalue weighted by atomic mass is 10.2. The Kier molecular flexibility index (Phi) is 6.25. The molecule has 0 aromatic rings. The highest BCUT2D eigenvalue weighted by molar-refractivity contribution is 8.00. The molecule has 2 heteroatoms. The van der Waals surface area contributed by atoms with Gasteiger partial charge in [0.2, 0.25) is 0 Å². The molecule has 0 radical (unpaired) electrons. The molecule has 1 atom stereocenters. The molecule has 0 N–H and O–H groups in total. The van der Waals surface area contributed by atoms with Crippen LogP contribution in [0.4, 0.5) is 0 Å². The van der Waals surface area contributed by atoms with Crippen LogP contribution in [0.1, 0.15) is 20.8 Å². The van der Waals surface area contributed by atoms with Crippen LogP contribution in [0.5, 0.6) is 0 Å². The predicted molar refractivity (Wildman–Crippen MR) is 59.8 cm³/mol. The molecule has 0 aliphatic carbocycles. The molecule has 1 unspecified atom stereocenters. The van der Waals surface area contributed by atoms with Gasteiger partial charge in [-0.15, -0.1) is 0 Å². The molecule has 0 aliphatic rings. The summed E-state index contributed by atoms with van der Waals surface area (Å²) in [5.74, 6) is 2.63. The number of thiol groups is 1. The second kappa shape index (κ2) is 6.01. The number of hydrogen-bond acceptors (Lipinski definition) is 2. The van der Waals surface area contributed by atoms with Crippen molar-refractivity contribution in [2.75, 3.05) is 11.5 Å². The summed E-state index contributed by atoms with van der Waals surface area (Å²) in [5.41, 5.74) is 1.23. The Morgan fingerprint density at radius 1 is 1.45 bits per heavy atom. The Morgan fingerprint density at radius 3 is 2.36 bits per heavy atom. The zero-order valence-electron chi connectivity index (χ0n) is 7.63. The number of thioether (sulfide) groups is 1. The van der Waals surface area contributed by atoms with Crippen molar-refractivity contribution in [3.63, 3.8) is 0 Å². The molecule has 0 saturated carbocycles. The number of rotatable bonds is 5. The Labute approximate surface area is 80.2 Å². The molecule has 0 spiro atoms. The zero-order chi connectivity index (χ0) is 8.85. The van der Waals surface area contributed by atoms with Gasteiger partial charge in [-0.1, -0.05) is 32.9 Å². The Bertz CT molecular complexity index is 119. The van der Waals surface area contributed by atoms with Crippen molar-refractivity contribution < 1.29 is 0 Å². The second-order valence-corrected chi connectivity index (χ2v) is 4.85. The minimum atomic E-state index is 0.728. The van der Waals surface area contributed by atoms with Crippen LogP contribution in [0.25, 0.3) is 0 Å². The maximum atomic E-state index is 4.16. The van der Waals surface area contributed by atoms with E-state index in [4.69, 9.17) is 0 Å². The van der Waals surface area contributed by atoms with Gasteiger partial charge in [0, 0.05) is 16.8 Å². The van der Waals surface area contributed by atoms with Gasteiger partial charge in [-0.05, 0) is 5.92 Å². The van der Waals surface area contributed by atoms with E-state index in [1.165, 1.54) is 5.57 Å². The molecular formula is C9H18S2. The van der Waals surface area contributed by atoms with Crippen LogP contribution in [-0.2, 0) is 0 Å². The summed E-state index contributed by atoms with van der Waals surface area (Å²) in [6.07, 6.45) is 0. The van der Waals surface area contributed by atoms with Crippen molar-refractivity contribution >= 4 is 24.4 Å². The van der Waals surface area contributed by atoms with Crippen LogP contribution in [0, 0.1) is 5.92 Å². The second-order valence-electron chi connectivity index (χ2n) is 3.17. The van der Waals surface area contributed by atoms with Crippen LogP contribution < -0.4 is 0 Å². The van der Waals surface area contributed by atoms with Crippen LogP contribution in [0.2, 0.25) is 0 Å². The van der Waals surface area contributed by atoms with Gasteiger partial charge in [-0.25, -0.2) is 0 Å². The van der Waals surface area contributed by atoms with Crippen molar-refractivity contribution in [2.45, 2.75) is 26.0 Å². The third-order valence-corrected chi connectivity index (χ3v) is 3.81. The molecule has 0 nitrogen and oxygen atoms in total. The SMILES string of the molecule is C=C(CS)CSC(C)C(C)C. The maximum Gasteiger partial charge on any atom is 0.0151 e. The van der Waals surface area contributed by atoms with Gasteiger partial charge < -0.3 is 0 Å². The van der Waals surface area contributed by atoms with E-state index in [2.05, 4.69) is 40.0 Å². The van der Waals surface area contributed by atoms with E-state index in [1.807, 2.05) is 11.8 Å². The molecule has 11 heavy (non-hydrogen) atoms. The van der Waals surface area contributed by atoms with Gasteiger partial charge in [0.25, 0.3) is 0 Å². The fourth-order valence-electron chi connectivity index (χ4n) is 0.487. The summed E-state index contributed by atoms with van der Waals surface area (Å²) in [6.45, 7) is 10.7. The van der Waals surface area contributed by atoms with E-state index in [-0.39, 0.29) is 0 Å². The molecule has 0 aromatic heterocycles. The topological polar surface area (TPSA) is 0 Å². The molecule has 0 amide bonds. The summed E-state index contributed by atoms with van der Waals surface area (Å²) in [7, 11) is 0. The lowest BCUT2D eigenvalue weighted by molar-refractivity contribution is 0.643. The monoisotopic (exact) mass is 190 g/mol. The van der Waals surface area contributed by atoms with E-state index in [1.54, 1.807) is 0 Å². The van der Waals surface area contributed by atoms with E-state index < -0.39 is 0 Å². The first-order chi connectivity index (χ1) is 5.07. The van der Waals surface area contributed by atoms with E-state index in [0.717, 1.165) is 22.7 Å². The third kappa shape index (κ3) is 5.68. The van der Waals surface area contributed by atoms with Gasteiger partial charge in [0.15, 0.2) is 0 Å². The van der Waals surface area contributed by atoms with Crippen molar-refractivity contribution in [3.8, 4) is 0 Å². The molecule has 0 aromatic carbocycles. The normalized spacial score (nSPS) is 13.5. The summed E-state index contributed by atoms with van der Waals surface area (Å²) < 4.78 is 0. The van der Waals surface area contributed by atoms with Gasteiger partial charge in [0.1, 0.15) is 0 Å². The number of hydrogen-bond donors (Lipinski definition) is 1. The minimum Gasteiger partial charge on any atom is -0.175 e. The van der Waals surface area contributed by atoms with Crippen molar-refractivity contribution in [1.29, 1.82) is 0 Å². The quantitative estimate of drug-likeness (QED) is 0.513. The first-order valence-corrected chi connectivity index (χ1v) is 5.65. The molecule has 0 aliphatic heterocycles. The average Bonchev–Trinajstić information content (AvgIpc) is 1.99. The van der Waals surface area contributed by atoms with Crippen LogP contribution in [-0.4, -0.2) is 16.8 Å². The predicted octanol–water partition coefficient (Wildman–Crippen LogP) is 3.25. The molecule has 0 saturated heterocycles. The van der Waals surface area contributed by atoms with E-state index in [9.17, 15) is 0 Å². The first kappa shape index (κ1) is 11.4. The summed E-state index contributed by atoms with van der Waals surface area (Å²) >= 11 is 6.13. The maximum absolute atomic E-state index is 4.16. The third-order valence-electron chi connectivity index (χ3n) is 1.71. The van der Waals surface area contributed by atoms with Gasteiger partial charge >= 0.3 is 0 Å². The highest BCUT2D eigenvalue weighted by Crippen LogP contribution is 2.20. The van der Waals surface area contributed by atoms with Crippen molar-refractivity contribution in [2.24, 2.45) is 5.92 Å². The lowest BCUT2D eigenvalue weighted by Gasteiger charge is -2.14. The Hall–Kier alpha value is 0.440. The van der Waals surface area contributed by atoms with Crippen molar-refractivity contribution in [3.05, 3.63) is 12.2 Å². The fourth-order valence-corrected chi connectivity index (χ4v) is 1.74. The van der Waals surface area contributed by atoms with E-state index in [0.29, 0.717) is 0 Å². The summed E-state index contributed by atoms with van der Waals surface area (Å²) in [6, 6.07) is 0. The van der Waals surface area contributed by atoms with Gasteiger partial charge in [0.05, 0.1) is 0 Å². The first-order valence-electron chi connectivity index (χ1n) is 3.97. The molecule has 66 valence electrons. The van der Waals surface area contributed by atoms with E-state index >= 15 is 0 Å². The largest absolute Gasteiger partial charge is 0.175 e. The van der Waals surface area contributed by atoms with Crippen LogP contribution >= 0.6 is 24.4 Å². The average molecular weight is 190 g/mol. The van der Waals surface area contributed by atoms with Crippen LogP contribution in [0.15, 0.2) is 12.2 Å².